The number of rotatable bonds is 19. The summed E-state index contributed by atoms with van der Waals surface area (Å²) in [5.74, 6) is 2.19. The first kappa shape index (κ1) is 34.8. The fraction of sp³-hybridized carbons (Fsp3) is 0.738. The van der Waals surface area contributed by atoms with Crippen molar-refractivity contribution in [1.29, 1.82) is 0 Å². The van der Waals surface area contributed by atoms with E-state index in [4.69, 9.17) is 9.60 Å². The van der Waals surface area contributed by atoms with Crippen molar-refractivity contribution in [3.8, 4) is 0 Å². The van der Waals surface area contributed by atoms with Gasteiger partial charge in [0.2, 0.25) is 5.91 Å². The van der Waals surface area contributed by atoms with Gasteiger partial charge in [0.15, 0.2) is 0 Å². The van der Waals surface area contributed by atoms with Crippen LogP contribution < -0.4 is 22.4 Å². The van der Waals surface area contributed by atoms with E-state index in [0.717, 1.165) is 75.5 Å². The Morgan fingerprint density at radius 3 is 1.55 bits per heavy atom. The van der Waals surface area contributed by atoms with Gasteiger partial charge in [-0.1, -0.05) is 99.3 Å². The van der Waals surface area contributed by atoms with Gasteiger partial charge < -0.3 is 10.1 Å². The number of carbonyl (C=O) groups excluding carboxylic acids is 2. The number of nitrogens with one attached hydrogen (secondary N) is 1. The van der Waals surface area contributed by atoms with Gasteiger partial charge in [0.25, 0.3) is 0 Å². The van der Waals surface area contributed by atoms with Crippen LogP contribution in [-0.4, -0.2) is 25.4 Å². The number of amides is 1. The molecule has 1 amide bonds. The molecule has 0 bridgehead atoms. The summed E-state index contributed by atoms with van der Waals surface area (Å²) >= 11 is 0. The minimum absolute atomic E-state index is 0.0703. The Kier molecular flexibility index (Phi) is 17.5. The summed E-state index contributed by atoms with van der Waals surface area (Å²) < 4.78 is 53.7. The van der Waals surface area contributed by atoms with E-state index in [1.807, 2.05) is 12.1 Å². The second kappa shape index (κ2) is 25.7. The molecule has 1 aromatic heterocycles. The quantitative estimate of drug-likeness (QED) is 0.145. The average molecular weight is 727 g/mol. The van der Waals surface area contributed by atoms with Crippen molar-refractivity contribution in [2.75, 3.05) is 5.32 Å². The number of aromatic nitrogens is 3. The molecule has 1 saturated carbocycles. The van der Waals surface area contributed by atoms with Gasteiger partial charge in [-0.3, -0.25) is 4.79 Å². The molecule has 1 N–H and O–H groups in total. The summed E-state index contributed by atoms with van der Waals surface area (Å²) in [6.45, 7) is 6.34. The largest absolute Gasteiger partial charge is 0.336 e. The molecule has 2 aromatic rings. The maximum atomic E-state index is 12.5. The molecule has 0 saturated heterocycles. The van der Waals surface area contributed by atoms with Crippen LogP contribution in [0.15, 0.2) is 32.6 Å². The van der Waals surface area contributed by atoms with Crippen LogP contribution in [0.3, 0.4) is 0 Å². The van der Waals surface area contributed by atoms with Crippen LogP contribution in [0.5, 0.6) is 0 Å². The molecule has 1 aromatic carbocycles. The number of aryl methyl sites for hydroxylation is 2. The second-order valence-electron chi connectivity index (χ2n) is 13.5. The standard InChI is InChI=1S/C15H27N3O3.C14H21NO.C13H24O/c1-4-7-10-16-13(19)17(11-8-5-2)15(21)18(14(16)20)12-9-6-3;1-4-6-12-8-13(7-5-2)10-14(9-12)15-11(3)16;1-4-11-8-12(5-2)13(9-11)7-6-10(3)14/h4-12H2,1-3H3;8-10H,4-7H2,1-3H3,(H,15,16);11-13H,4-9H2,1-3H3/i1T,2T,3T;2*1T,2T. The van der Waals surface area contributed by atoms with Gasteiger partial charge in [-0.05, 0) is 99.3 Å². The first-order valence-corrected chi connectivity index (χ1v) is 18.8. The Labute approximate surface area is 318 Å². The van der Waals surface area contributed by atoms with Crippen molar-refractivity contribution in [1.82, 2.24) is 13.7 Å². The SMILES string of the molecule is [3H]CCC1CC(CC[3H])C(CCC(C)=O)C1.[3H]CCCCn1c(=O)n(CCCC[3H])c(=O)n(CCCC[3H])c1=O.[3H]CCCc1cc(CCC[3H])cc(NC(C)=O)c1. The van der Waals surface area contributed by atoms with Gasteiger partial charge in [0, 0.05) is 48.3 Å². The molecule has 0 spiro atoms. The summed E-state index contributed by atoms with van der Waals surface area (Å²) in [4.78, 5) is 59.5. The van der Waals surface area contributed by atoms with Crippen molar-refractivity contribution in [2.24, 2.45) is 17.8 Å². The van der Waals surface area contributed by atoms with E-state index in [-0.39, 0.29) is 52.0 Å². The van der Waals surface area contributed by atoms with Crippen molar-refractivity contribution in [3.05, 3.63) is 60.8 Å². The normalized spacial score (nSPS) is 18.3. The first-order chi connectivity index (χ1) is 27.9. The van der Waals surface area contributed by atoms with E-state index in [0.29, 0.717) is 90.3 Å². The van der Waals surface area contributed by atoms with Crippen molar-refractivity contribution < 1.29 is 19.2 Å². The number of unbranched alkanes of at least 4 members (excludes halogenated alkanes) is 3. The maximum Gasteiger partial charge on any atom is 0.336 e. The summed E-state index contributed by atoms with van der Waals surface area (Å²) in [6, 6.07) is 6.07. The molecule has 0 aliphatic heterocycles. The lowest BCUT2D eigenvalue weighted by molar-refractivity contribution is -0.117. The summed E-state index contributed by atoms with van der Waals surface area (Å²) in [5.41, 5.74) is 1.34. The van der Waals surface area contributed by atoms with Crippen molar-refractivity contribution in [2.45, 2.75) is 185 Å². The number of hydrogen-bond acceptors (Lipinski definition) is 5. The van der Waals surface area contributed by atoms with E-state index in [1.165, 1.54) is 19.8 Å². The fourth-order valence-electron chi connectivity index (χ4n) is 6.47. The van der Waals surface area contributed by atoms with Gasteiger partial charge in [-0.15, -0.1) is 0 Å². The predicted molar refractivity (Wildman–Crippen MR) is 213 cm³/mol. The van der Waals surface area contributed by atoms with E-state index >= 15 is 0 Å². The summed E-state index contributed by atoms with van der Waals surface area (Å²) in [7, 11) is 0. The minimum Gasteiger partial charge on any atom is -0.326 e. The second-order valence-corrected chi connectivity index (χ2v) is 13.5. The number of benzene rings is 1. The molecule has 3 rings (SSSR count). The number of carbonyl (C=O) groups is 2. The minimum atomic E-state index is -0.600. The molecule has 3 unspecified atom stereocenters. The molecular formula is C42H72N4O5. The molecule has 51 heavy (non-hydrogen) atoms. The van der Waals surface area contributed by atoms with Crippen LogP contribution in [0.1, 0.15) is 173 Å². The van der Waals surface area contributed by atoms with Gasteiger partial charge in [-0.25, -0.2) is 28.1 Å². The van der Waals surface area contributed by atoms with E-state index in [1.54, 1.807) is 6.92 Å². The predicted octanol–water partition coefficient (Wildman–Crippen LogP) is 8.94. The van der Waals surface area contributed by atoms with Gasteiger partial charge in [0.05, 0.1) is 0 Å². The molecule has 1 aliphatic carbocycles. The van der Waals surface area contributed by atoms with Crippen LogP contribution in [0.4, 0.5) is 5.69 Å². The number of anilines is 1. The lowest BCUT2D eigenvalue weighted by atomic mass is 9.89. The highest BCUT2D eigenvalue weighted by Crippen LogP contribution is 2.42. The number of ketones is 1. The first-order valence-electron chi connectivity index (χ1n) is 23.7. The van der Waals surface area contributed by atoms with Crippen LogP contribution >= 0.6 is 0 Å². The van der Waals surface area contributed by atoms with Crippen LogP contribution in [0.25, 0.3) is 0 Å². The third kappa shape index (κ3) is 16.3. The monoisotopic (exact) mass is 727 g/mol. The molecule has 1 aliphatic rings. The third-order valence-corrected chi connectivity index (χ3v) is 9.17. The molecule has 290 valence electrons. The number of nitrogens with zero attached hydrogens (tertiary/aromatic N) is 3. The Morgan fingerprint density at radius 2 is 1.14 bits per heavy atom. The third-order valence-electron chi connectivity index (χ3n) is 9.17. The van der Waals surface area contributed by atoms with Gasteiger partial charge in [0.1, 0.15) is 5.78 Å². The van der Waals surface area contributed by atoms with E-state index in [2.05, 4.69) is 11.4 Å². The lowest BCUT2D eigenvalue weighted by Crippen LogP contribution is -2.54. The van der Waals surface area contributed by atoms with Crippen LogP contribution in [0, 0.1) is 17.8 Å². The Morgan fingerprint density at radius 1 is 0.667 bits per heavy atom. The highest BCUT2D eigenvalue weighted by atomic mass is 16.2. The molecule has 9 heteroatoms. The average Bonchev–Trinajstić information content (AvgIpc) is 3.57. The highest BCUT2D eigenvalue weighted by Gasteiger charge is 2.31. The Balaban J connectivity index is 0.000000446. The fourth-order valence-corrected chi connectivity index (χ4v) is 6.47. The zero-order valence-corrected chi connectivity index (χ0v) is 31.7. The number of hydrogen-bond donors (Lipinski definition) is 1. The lowest BCUT2D eigenvalue weighted by Gasteiger charge is -2.16. The van der Waals surface area contributed by atoms with Crippen molar-refractivity contribution in [3.63, 3.8) is 0 Å². The molecule has 3 atom stereocenters. The Hall–Kier alpha value is -3.23. The van der Waals surface area contributed by atoms with E-state index < -0.39 is 17.1 Å². The number of Topliss-reactive ketones (excluding diaryl/α,β-unsaturated/α-hetero) is 1. The molecule has 0 radical (unpaired) electrons. The van der Waals surface area contributed by atoms with Gasteiger partial charge in [-0.2, -0.15) is 0 Å². The maximum absolute atomic E-state index is 12.5. The zero-order chi connectivity index (χ0) is 43.3. The van der Waals surface area contributed by atoms with E-state index in [9.17, 15) is 24.0 Å². The molecular weight excluding hydrogens is 640 g/mol. The van der Waals surface area contributed by atoms with Crippen LogP contribution in [0.2, 0.25) is 0 Å². The summed E-state index contributed by atoms with van der Waals surface area (Å²) in [5, 5.41) is 2.81. The van der Waals surface area contributed by atoms with Crippen molar-refractivity contribution >= 4 is 17.4 Å². The van der Waals surface area contributed by atoms with Gasteiger partial charge >= 0.3 is 17.1 Å². The smallest absolute Gasteiger partial charge is 0.326 e. The van der Waals surface area contributed by atoms with Crippen LogP contribution in [-0.2, 0) is 42.1 Å². The molecule has 1 fully saturated rings. The summed E-state index contributed by atoms with van der Waals surface area (Å²) in [6.07, 6.45) is 12.9. The Bertz CT molecular complexity index is 1490. The molecule has 1 heterocycles. The highest BCUT2D eigenvalue weighted by molar-refractivity contribution is 5.88. The topological polar surface area (TPSA) is 112 Å². The molecule has 9 nitrogen and oxygen atoms in total. The zero-order valence-electron chi connectivity index (χ0n) is 38.7.